The molecular formula is C11H18O7. The van der Waals surface area contributed by atoms with Gasteiger partial charge in [0.05, 0.1) is 12.5 Å². The lowest BCUT2D eigenvalue weighted by Crippen LogP contribution is -2.34. The van der Waals surface area contributed by atoms with Gasteiger partial charge in [-0.2, -0.15) is 0 Å². The van der Waals surface area contributed by atoms with Crippen LogP contribution in [0.25, 0.3) is 0 Å². The summed E-state index contributed by atoms with van der Waals surface area (Å²) >= 11 is 0. The molecule has 0 aromatic rings. The molecule has 104 valence electrons. The Kier molecular flexibility index (Phi) is 6.96. The van der Waals surface area contributed by atoms with E-state index in [1.165, 1.54) is 0 Å². The van der Waals surface area contributed by atoms with Gasteiger partial charge in [-0.15, -0.1) is 0 Å². The molecule has 2 atom stereocenters. The van der Waals surface area contributed by atoms with Gasteiger partial charge in [0.15, 0.2) is 6.10 Å². The van der Waals surface area contributed by atoms with Gasteiger partial charge in [0, 0.05) is 6.42 Å². The van der Waals surface area contributed by atoms with Crippen molar-refractivity contribution < 1.29 is 34.4 Å². The largest absolute Gasteiger partial charge is 0.481 e. The molecule has 0 bridgehead atoms. The first-order valence-corrected chi connectivity index (χ1v) is 5.55. The Morgan fingerprint density at radius 2 is 1.61 bits per heavy atom. The number of carboxylic acid groups (broad SMARTS) is 3. The highest BCUT2D eigenvalue weighted by molar-refractivity contribution is 5.79. The van der Waals surface area contributed by atoms with Crippen molar-refractivity contribution in [2.45, 2.75) is 45.3 Å². The Labute approximate surface area is 104 Å². The third-order valence-corrected chi connectivity index (χ3v) is 2.36. The fourth-order valence-electron chi connectivity index (χ4n) is 1.39. The predicted molar refractivity (Wildman–Crippen MR) is 60.3 cm³/mol. The molecule has 0 rings (SSSR count). The van der Waals surface area contributed by atoms with Gasteiger partial charge in [0.1, 0.15) is 0 Å². The summed E-state index contributed by atoms with van der Waals surface area (Å²) in [4.78, 5) is 31.8. The van der Waals surface area contributed by atoms with Crippen molar-refractivity contribution in [2.75, 3.05) is 0 Å². The van der Waals surface area contributed by atoms with E-state index < -0.39 is 36.5 Å². The molecule has 0 aliphatic heterocycles. The number of carboxylic acids is 3. The predicted octanol–water partition coefficient (Wildman–Crippen LogP) is 0.820. The molecule has 0 radical (unpaired) electrons. The van der Waals surface area contributed by atoms with Gasteiger partial charge in [-0.3, -0.25) is 9.59 Å². The van der Waals surface area contributed by atoms with Gasteiger partial charge >= 0.3 is 17.9 Å². The van der Waals surface area contributed by atoms with Crippen LogP contribution < -0.4 is 0 Å². The van der Waals surface area contributed by atoms with Crippen LogP contribution in [0.2, 0.25) is 0 Å². The Morgan fingerprint density at radius 1 is 1.06 bits per heavy atom. The normalized spacial score (nSPS) is 14.2. The van der Waals surface area contributed by atoms with Crippen LogP contribution in [0.15, 0.2) is 0 Å². The second kappa shape index (κ2) is 7.65. The van der Waals surface area contributed by atoms with Crippen LogP contribution in [0, 0.1) is 5.92 Å². The molecule has 0 aromatic carbocycles. The Morgan fingerprint density at radius 3 is 1.94 bits per heavy atom. The molecule has 0 aromatic heterocycles. The fraction of sp³-hybridized carbons (Fsp3) is 0.727. The van der Waals surface area contributed by atoms with Crippen molar-refractivity contribution in [3.05, 3.63) is 0 Å². The van der Waals surface area contributed by atoms with Gasteiger partial charge in [-0.25, -0.2) is 4.79 Å². The Balaban J connectivity index is 4.55. The van der Waals surface area contributed by atoms with E-state index in [1.54, 1.807) is 13.8 Å². The highest BCUT2D eigenvalue weighted by Gasteiger charge is 2.27. The van der Waals surface area contributed by atoms with E-state index in [4.69, 9.17) is 20.1 Å². The summed E-state index contributed by atoms with van der Waals surface area (Å²) in [5.74, 6) is -3.74. The molecule has 3 N–H and O–H groups in total. The SMILES string of the molecule is CC(C)C(CCC(=O)O)OC(CC(=O)O)C(=O)O. The number of hydrogen-bond donors (Lipinski definition) is 3. The maximum absolute atomic E-state index is 10.8. The van der Waals surface area contributed by atoms with Crippen LogP contribution in [0.1, 0.15) is 33.1 Å². The molecule has 0 heterocycles. The minimum Gasteiger partial charge on any atom is -0.481 e. The van der Waals surface area contributed by atoms with E-state index in [9.17, 15) is 14.4 Å². The first kappa shape index (κ1) is 16.4. The topological polar surface area (TPSA) is 121 Å². The molecule has 0 fully saturated rings. The van der Waals surface area contributed by atoms with Gasteiger partial charge in [-0.1, -0.05) is 13.8 Å². The van der Waals surface area contributed by atoms with E-state index in [0.717, 1.165) is 0 Å². The molecule has 0 saturated heterocycles. The van der Waals surface area contributed by atoms with Crippen molar-refractivity contribution in [1.82, 2.24) is 0 Å². The van der Waals surface area contributed by atoms with Crippen LogP contribution in [0.4, 0.5) is 0 Å². The summed E-state index contributed by atoms with van der Waals surface area (Å²) in [6, 6.07) is 0. The zero-order chi connectivity index (χ0) is 14.3. The molecule has 18 heavy (non-hydrogen) atoms. The van der Waals surface area contributed by atoms with Crippen LogP contribution >= 0.6 is 0 Å². The van der Waals surface area contributed by atoms with Gasteiger partial charge in [0.25, 0.3) is 0 Å². The van der Waals surface area contributed by atoms with Crippen LogP contribution in [0.5, 0.6) is 0 Å². The molecular weight excluding hydrogens is 244 g/mol. The minimum absolute atomic E-state index is 0.0972. The van der Waals surface area contributed by atoms with E-state index in [2.05, 4.69) is 0 Å². The number of carbonyl (C=O) groups is 3. The smallest absolute Gasteiger partial charge is 0.333 e. The number of rotatable bonds is 9. The third kappa shape index (κ3) is 6.85. The molecule has 7 heteroatoms. The van der Waals surface area contributed by atoms with Crippen molar-refractivity contribution in [3.63, 3.8) is 0 Å². The van der Waals surface area contributed by atoms with Crippen molar-refractivity contribution in [1.29, 1.82) is 0 Å². The van der Waals surface area contributed by atoms with E-state index in [0.29, 0.717) is 0 Å². The van der Waals surface area contributed by atoms with Gasteiger partial charge in [0.2, 0.25) is 0 Å². The summed E-state index contributed by atoms with van der Waals surface area (Å²) in [5.41, 5.74) is 0. The molecule has 0 aliphatic rings. The van der Waals surface area contributed by atoms with Crippen LogP contribution in [-0.4, -0.2) is 45.4 Å². The van der Waals surface area contributed by atoms with Crippen LogP contribution in [-0.2, 0) is 19.1 Å². The average Bonchev–Trinajstić information content (AvgIpc) is 2.20. The van der Waals surface area contributed by atoms with Gasteiger partial charge in [-0.05, 0) is 12.3 Å². The Bertz CT molecular complexity index is 311. The highest BCUT2D eigenvalue weighted by atomic mass is 16.5. The summed E-state index contributed by atoms with van der Waals surface area (Å²) < 4.78 is 5.19. The van der Waals surface area contributed by atoms with Crippen molar-refractivity contribution in [2.24, 2.45) is 5.92 Å². The number of hydrogen-bond acceptors (Lipinski definition) is 4. The molecule has 0 saturated carbocycles. The lowest BCUT2D eigenvalue weighted by molar-refractivity contribution is -0.163. The van der Waals surface area contributed by atoms with E-state index in [1.807, 2.05) is 0 Å². The summed E-state index contributed by atoms with van der Waals surface area (Å²) in [6.45, 7) is 3.51. The number of aliphatic carboxylic acids is 3. The minimum atomic E-state index is -1.45. The highest BCUT2D eigenvalue weighted by Crippen LogP contribution is 2.17. The first-order chi connectivity index (χ1) is 8.23. The van der Waals surface area contributed by atoms with Gasteiger partial charge < -0.3 is 20.1 Å². The summed E-state index contributed by atoms with van der Waals surface area (Å²) in [7, 11) is 0. The molecule has 0 aliphatic carbocycles. The standard InChI is InChI=1S/C11H18O7/c1-6(2)7(3-4-9(12)13)18-8(11(16)17)5-10(14)15/h6-8H,3-5H2,1-2H3,(H,12,13)(H,14,15)(H,16,17). The lowest BCUT2D eigenvalue weighted by atomic mass is 10.0. The number of ether oxygens (including phenoxy) is 1. The van der Waals surface area contributed by atoms with Crippen LogP contribution in [0.3, 0.4) is 0 Å². The second-order valence-electron chi connectivity index (χ2n) is 4.28. The van der Waals surface area contributed by atoms with E-state index in [-0.39, 0.29) is 18.8 Å². The zero-order valence-corrected chi connectivity index (χ0v) is 10.3. The Hall–Kier alpha value is -1.63. The molecule has 2 unspecified atom stereocenters. The third-order valence-electron chi connectivity index (χ3n) is 2.36. The van der Waals surface area contributed by atoms with Crippen molar-refractivity contribution >= 4 is 17.9 Å². The van der Waals surface area contributed by atoms with Crippen molar-refractivity contribution in [3.8, 4) is 0 Å². The first-order valence-electron chi connectivity index (χ1n) is 5.55. The maximum Gasteiger partial charge on any atom is 0.333 e. The second-order valence-corrected chi connectivity index (χ2v) is 4.28. The maximum atomic E-state index is 10.8. The summed E-state index contributed by atoms with van der Waals surface area (Å²) in [6.07, 6.45) is -2.70. The fourth-order valence-corrected chi connectivity index (χ4v) is 1.39. The van der Waals surface area contributed by atoms with E-state index >= 15 is 0 Å². The molecule has 0 amide bonds. The molecule has 0 spiro atoms. The lowest BCUT2D eigenvalue weighted by Gasteiger charge is -2.24. The average molecular weight is 262 g/mol. The zero-order valence-electron chi connectivity index (χ0n) is 10.3. The monoisotopic (exact) mass is 262 g/mol. The quantitative estimate of drug-likeness (QED) is 0.562. The summed E-state index contributed by atoms with van der Waals surface area (Å²) in [5, 5.41) is 26.0. The molecule has 7 nitrogen and oxygen atoms in total.